The molecule has 88 valence electrons. The molecule has 0 bridgehead atoms. The predicted octanol–water partition coefficient (Wildman–Crippen LogP) is 2.69. The number of ether oxygens (including phenoxy) is 1. The van der Waals surface area contributed by atoms with E-state index in [1.54, 1.807) is 31.2 Å². The van der Waals surface area contributed by atoms with Gasteiger partial charge in [-0.15, -0.1) is 11.3 Å². The van der Waals surface area contributed by atoms with Gasteiger partial charge in [0.05, 0.1) is 18.4 Å². The first-order chi connectivity index (χ1) is 8.22. The minimum atomic E-state index is -0.383. The summed E-state index contributed by atoms with van der Waals surface area (Å²) in [6.45, 7) is 2.09. The van der Waals surface area contributed by atoms with Gasteiger partial charge < -0.3 is 9.84 Å². The maximum Gasteiger partial charge on any atom is 0.349 e. The third kappa shape index (κ3) is 2.45. The summed E-state index contributed by atoms with van der Waals surface area (Å²) in [6.07, 6.45) is 1.46. The molecule has 1 aromatic heterocycles. The van der Waals surface area contributed by atoms with Crippen LogP contribution >= 0.6 is 11.3 Å². The number of nitrogens with zero attached hydrogens (tertiary/aromatic N) is 1. The number of phenolic OH excluding ortho intramolecular Hbond substituents is 1. The summed E-state index contributed by atoms with van der Waals surface area (Å²) >= 11 is 1.20. The molecule has 2 rings (SSSR count). The van der Waals surface area contributed by atoms with E-state index in [2.05, 4.69) is 4.98 Å². The predicted molar refractivity (Wildman–Crippen MR) is 65.2 cm³/mol. The number of esters is 1. The molecule has 0 saturated heterocycles. The van der Waals surface area contributed by atoms with Crippen LogP contribution in [0.1, 0.15) is 16.6 Å². The van der Waals surface area contributed by atoms with Gasteiger partial charge in [0.2, 0.25) is 0 Å². The minimum Gasteiger partial charge on any atom is -0.507 e. The van der Waals surface area contributed by atoms with E-state index in [0.29, 0.717) is 22.1 Å². The molecule has 17 heavy (non-hydrogen) atoms. The Balaban J connectivity index is 2.30. The molecule has 0 saturated carbocycles. The Morgan fingerprint density at radius 1 is 1.47 bits per heavy atom. The van der Waals surface area contributed by atoms with Crippen LogP contribution in [-0.4, -0.2) is 22.7 Å². The topological polar surface area (TPSA) is 59.4 Å². The van der Waals surface area contributed by atoms with E-state index in [4.69, 9.17) is 4.74 Å². The number of aromatic nitrogens is 1. The molecule has 1 heterocycles. The van der Waals surface area contributed by atoms with Gasteiger partial charge in [0, 0.05) is 0 Å². The van der Waals surface area contributed by atoms with Crippen LogP contribution in [0, 0.1) is 0 Å². The third-order valence-electron chi connectivity index (χ3n) is 2.12. The molecule has 4 nitrogen and oxygen atoms in total. The van der Waals surface area contributed by atoms with Crippen molar-refractivity contribution in [3.05, 3.63) is 35.3 Å². The lowest BCUT2D eigenvalue weighted by Gasteiger charge is -1.99. The van der Waals surface area contributed by atoms with Gasteiger partial charge in [-0.2, -0.15) is 0 Å². The SMILES string of the molecule is CCOC(=O)c1cnc(-c2ccccc2O)s1. The molecule has 0 aliphatic heterocycles. The van der Waals surface area contributed by atoms with Crippen LogP contribution in [0.15, 0.2) is 30.5 Å². The monoisotopic (exact) mass is 249 g/mol. The molecule has 2 aromatic rings. The molecule has 0 unspecified atom stereocenters. The highest BCUT2D eigenvalue weighted by Gasteiger charge is 2.13. The summed E-state index contributed by atoms with van der Waals surface area (Å²) < 4.78 is 4.88. The number of carbonyl (C=O) groups excluding carboxylic acids is 1. The first-order valence-electron chi connectivity index (χ1n) is 5.13. The zero-order valence-electron chi connectivity index (χ0n) is 9.21. The number of para-hydroxylation sites is 1. The van der Waals surface area contributed by atoms with Gasteiger partial charge in [-0.3, -0.25) is 0 Å². The molecule has 0 spiro atoms. The van der Waals surface area contributed by atoms with E-state index in [0.717, 1.165) is 0 Å². The molecule has 0 radical (unpaired) electrons. The number of benzene rings is 1. The van der Waals surface area contributed by atoms with Gasteiger partial charge >= 0.3 is 5.97 Å². The van der Waals surface area contributed by atoms with E-state index >= 15 is 0 Å². The molecule has 0 fully saturated rings. The van der Waals surface area contributed by atoms with Crippen LogP contribution in [-0.2, 0) is 4.74 Å². The Labute approximate surface area is 103 Å². The van der Waals surface area contributed by atoms with Crippen LogP contribution in [0.5, 0.6) is 5.75 Å². The van der Waals surface area contributed by atoms with Crippen molar-refractivity contribution in [2.75, 3.05) is 6.61 Å². The Bertz CT molecular complexity index is 536. The average molecular weight is 249 g/mol. The fourth-order valence-corrected chi connectivity index (χ4v) is 2.19. The second kappa shape index (κ2) is 4.97. The van der Waals surface area contributed by atoms with Crippen molar-refractivity contribution in [2.45, 2.75) is 6.92 Å². The number of thiazole rings is 1. The van der Waals surface area contributed by atoms with Crippen molar-refractivity contribution in [1.82, 2.24) is 4.98 Å². The molecule has 5 heteroatoms. The van der Waals surface area contributed by atoms with E-state index in [9.17, 15) is 9.90 Å². The minimum absolute atomic E-state index is 0.150. The molecular formula is C12H11NO3S. The zero-order valence-corrected chi connectivity index (χ0v) is 10.0. The van der Waals surface area contributed by atoms with Crippen molar-refractivity contribution in [3.8, 4) is 16.3 Å². The number of rotatable bonds is 3. The van der Waals surface area contributed by atoms with Gasteiger partial charge in [-0.1, -0.05) is 12.1 Å². The molecule has 0 atom stereocenters. The maximum atomic E-state index is 11.5. The lowest BCUT2D eigenvalue weighted by molar-refractivity contribution is 0.0532. The van der Waals surface area contributed by atoms with E-state index in [-0.39, 0.29) is 11.7 Å². The summed E-state index contributed by atoms with van der Waals surface area (Å²) in [5.41, 5.74) is 0.619. The summed E-state index contributed by atoms with van der Waals surface area (Å²) in [7, 11) is 0. The van der Waals surface area contributed by atoms with Gasteiger partial charge in [0.1, 0.15) is 15.6 Å². The lowest BCUT2D eigenvalue weighted by atomic mass is 10.2. The van der Waals surface area contributed by atoms with Crippen LogP contribution < -0.4 is 0 Å². The molecular weight excluding hydrogens is 238 g/mol. The van der Waals surface area contributed by atoms with E-state index in [1.807, 2.05) is 0 Å². The van der Waals surface area contributed by atoms with Crippen molar-refractivity contribution in [3.63, 3.8) is 0 Å². The summed E-state index contributed by atoms with van der Waals surface area (Å²) in [4.78, 5) is 16.0. The third-order valence-corrected chi connectivity index (χ3v) is 3.13. The Morgan fingerprint density at radius 3 is 2.94 bits per heavy atom. The maximum absolute atomic E-state index is 11.5. The van der Waals surface area contributed by atoms with Gasteiger partial charge in [-0.25, -0.2) is 9.78 Å². The van der Waals surface area contributed by atoms with Gasteiger partial charge in [0.15, 0.2) is 0 Å². The molecule has 0 amide bonds. The van der Waals surface area contributed by atoms with Crippen LogP contribution in [0.3, 0.4) is 0 Å². The van der Waals surface area contributed by atoms with Crippen molar-refractivity contribution >= 4 is 17.3 Å². The number of carbonyl (C=O) groups is 1. The summed E-state index contributed by atoms with van der Waals surface area (Å²) in [6, 6.07) is 6.88. The number of hydrogen-bond donors (Lipinski definition) is 1. The normalized spacial score (nSPS) is 10.2. The Morgan fingerprint density at radius 2 is 2.24 bits per heavy atom. The van der Waals surface area contributed by atoms with Gasteiger partial charge in [-0.05, 0) is 19.1 Å². The Kier molecular flexibility index (Phi) is 3.39. The van der Waals surface area contributed by atoms with Crippen molar-refractivity contribution in [1.29, 1.82) is 0 Å². The highest BCUT2D eigenvalue weighted by atomic mass is 32.1. The highest BCUT2D eigenvalue weighted by Crippen LogP contribution is 2.31. The first-order valence-corrected chi connectivity index (χ1v) is 5.95. The Hall–Kier alpha value is -1.88. The van der Waals surface area contributed by atoms with E-state index in [1.165, 1.54) is 17.5 Å². The highest BCUT2D eigenvalue weighted by molar-refractivity contribution is 7.16. The summed E-state index contributed by atoms with van der Waals surface area (Å²) in [5.74, 6) is -0.232. The standard InChI is InChI=1S/C12H11NO3S/c1-2-16-12(15)10-7-13-11(17-10)8-5-3-4-6-9(8)14/h3-7,14H,2H2,1H3. The quantitative estimate of drug-likeness (QED) is 0.850. The summed E-state index contributed by atoms with van der Waals surface area (Å²) in [5, 5.41) is 10.3. The smallest absolute Gasteiger partial charge is 0.349 e. The van der Waals surface area contributed by atoms with Crippen molar-refractivity contribution in [2.24, 2.45) is 0 Å². The molecule has 1 aromatic carbocycles. The average Bonchev–Trinajstić information content (AvgIpc) is 2.79. The fraction of sp³-hybridized carbons (Fsp3) is 0.167. The molecule has 0 aliphatic rings. The van der Waals surface area contributed by atoms with E-state index < -0.39 is 0 Å². The van der Waals surface area contributed by atoms with Crippen LogP contribution in [0.2, 0.25) is 0 Å². The number of phenols is 1. The van der Waals surface area contributed by atoms with Crippen LogP contribution in [0.4, 0.5) is 0 Å². The van der Waals surface area contributed by atoms with Crippen LogP contribution in [0.25, 0.3) is 10.6 Å². The number of hydrogen-bond acceptors (Lipinski definition) is 5. The second-order valence-corrected chi connectivity index (χ2v) is 4.30. The largest absolute Gasteiger partial charge is 0.507 e. The fourth-order valence-electron chi connectivity index (χ4n) is 1.35. The van der Waals surface area contributed by atoms with Crippen molar-refractivity contribution < 1.29 is 14.6 Å². The number of aromatic hydroxyl groups is 1. The zero-order chi connectivity index (χ0) is 12.3. The van der Waals surface area contributed by atoms with Gasteiger partial charge in [0.25, 0.3) is 0 Å². The molecule has 0 aliphatic carbocycles. The molecule has 1 N–H and O–H groups in total. The second-order valence-electron chi connectivity index (χ2n) is 3.27. The lowest BCUT2D eigenvalue weighted by Crippen LogP contribution is -2.01. The first kappa shape index (κ1) is 11.6.